The number of benzene rings is 1. The topological polar surface area (TPSA) is 35.5 Å². The van der Waals surface area contributed by atoms with Crippen LogP contribution in [0.25, 0.3) is 0 Å². The van der Waals surface area contributed by atoms with Crippen LogP contribution in [-0.2, 0) is 4.74 Å². The first kappa shape index (κ1) is 15.9. The molecular formula is C15H22O3S. The second-order valence-electron chi connectivity index (χ2n) is 4.36. The van der Waals surface area contributed by atoms with E-state index < -0.39 is 0 Å². The van der Waals surface area contributed by atoms with Crippen LogP contribution in [0, 0.1) is 5.92 Å². The van der Waals surface area contributed by atoms with Gasteiger partial charge in [0.2, 0.25) is 0 Å². The van der Waals surface area contributed by atoms with Crippen LogP contribution in [0.2, 0.25) is 0 Å². The van der Waals surface area contributed by atoms with Crippen LogP contribution in [0.1, 0.15) is 37.0 Å². The Kier molecular flexibility index (Phi) is 7.41. The van der Waals surface area contributed by atoms with Crippen molar-refractivity contribution in [3.8, 4) is 5.75 Å². The van der Waals surface area contributed by atoms with Gasteiger partial charge in [-0.3, -0.25) is 0 Å². The third kappa shape index (κ3) is 5.15. The summed E-state index contributed by atoms with van der Waals surface area (Å²) in [5, 5.41) is 0. The van der Waals surface area contributed by atoms with E-state index in [1.165, 1.54) is 0 Å². The van der Waals surface area contributed by atoms with Gasteiger partial charge in [-0.15, -0.1) is 0 Å². The van der Waals surface area contributed by atoms with Gasteiger partial charge in [-0.1, -0.05) is 25.5 Å². The molecule has 0 radical (unpaired) electrons. The molecule has 0 bridgehead atoms. The van der Waals surface area contributed by atoms with Crippen molar-refractivity contribution >= 4 is 18.6 Å². The Morgan fingerprint density at radius 3 is 2.68 bits per heavy atom. The zero-order chi connectivity index (χ0) is 14.1. The molecule has 0 aliphatic heterocycles. The Hall–Kier alpha value is -1.16. The maximum absolute atomic E-state index is 11.8. The molecule has 0 saturated heterocycles. The van der Waals surface area contributed by atoms with Crippen molar-refractivity contribution in [1.29, 1.82) is 0 Å². The molecule has 1 atom stereocenters. The van der Waals surface area contributed by atoms with E-state index in [1.807, 2.05) is 6.07 Å². The lowest BCUT2D eigenvalue weighted by molar-refractivity contribution is 0.0521. The van der Waals surface area contributed by atoms with E-state index in [4.69, 9.17) is 9.47 Å². The van der Waals surface area contributed by atoms with E-state index in [-0.39, 0.29) is 5.97 Å². The quantitative estimate of drug-likeness (QED) is 0.584. The highest BCUT2D eigenvalue weighted by molar-refractivity contribution is 7.80. The molecule has 1 aromatic carbocycles. The standard InChI is InChI=1S/C15H22O3S/c1-3-7-12(11-19)10-18-14-9-6-5-8-13(14)15(16)17-4-2/h5-6,8-9,12,19H,3-4,7,10-11H2,1-2H3. The number of carbonyl (C=O) groups is 1. The monoisotopic (exact) mass is 282 g/mol. The van der Waals surface area contributed by atoms with Crippen LogP contribution in [0.5, 0.6) is 5.75 Å². The molecule has 1 aromatic rings. The van der Waals surface area contributed by atoms with Gasteiger partial charge in [0, 0.05) is 5.92 Å². The molecular weight excluding hydrogens is 260 g/mol. The van der Waals surface area contributed by atoms with Crippen molar-refractivity contribution < 1.29 is 14.3 Å². The van der Waals surface area contributed by atoms with Crippen molar-refractivity contribution in [2.45, 2.75) is 26.7 Å². The molecule has 4 heteroatoms. The Morgan fingerprint density at radius 1 is 1.32 bits per heavy atom. The minimum atomic E-state index is -0.337. The molecule has 19 heavy (non-hydrogen) atoms. The molecule has 0 aliphatic carbocycles. The van der Waals surface area contributed by atoms with Crippen molar-refractivity contribution in [3.05, 3.63) is 29.8 Å². The fourth-order valence-corrected chi connectivity index (χ4v) is 2.10. The molecule has 0 saturated carbocycles. The summed E-state index contributed by atoms with van der Waals surface area (Å²) in [7, 11) is 0. The van der Waals surface area contributed by atoms with Gasteiger partial charge < -0.3 is 9.47 Å². The summed E-state index contributed by atoms with van der Waals surface area (Å²) in [5.41, 5.74) is 0.485. The van der Waals surface area contributed by atoms with E-state index in [2.05, 4.69) is 19.6 Å². The van der Waals surface area contributed by atoms with Gasteiger partial charge in [0.25, 0.3) is 0 Å². The molecule has 0 fully saturated rings. The fraction of sp³-hybridized carbons (Fsp3) is 0.533. The average molecular weight is 282 g/mol. The van der Waals surface area contributed by atoms with Crippen LogP contribution in [0.15, 0.2) is 24.3 Å². The molecule has 1 unspecified atom stereocenters. The van der Waals surface area contributed by atoms with Crippen molar-refractivity contribution in [2.24, 2.45) is 5.92 Å². The van der Waals surface area contributed by atoms with Gasteiger partial charge in [-0.25, -0.2) is 4.79 Å². The summed E-state index contributed by atoms with van der Waals surface area (Å²) in [6, 6.07) is 7.19. The Labute approximate surface area is 120 Å². The Bertz CT molecular complexity index is 393. The maximum atomic E-state index is 11.8. The highest BCUT2D eigenvalue weighted by atomic mass is 32.1. The second kappa shape index (κ2) is 8.86. The van der Waals surface area contributed by atoms with Crippen molar-refractivity contribution in [2.75, 3.05) is 19.0 Å². The van der Waals surface area contributed by atoms with Gasteiger partial charge in [-0.05, 0) is 31.2 Å². The number of carbonyl (C=O) groups excluding carboxylic acids is 1. The summed E-state index contributed by atoms with van der Waals surface area (Å²) < 4.78 is 10.8. The number of hydrogen-bond acceptors (Lipinski definition) is 4. The second-order valence-corrected chi connectivity index (χ2v) is 4.73. The minimum Gasteiger partial charge on any atom is -0.492 e. The lowest BCUT2D eigenvalue weighted by Crippen LogP contribution is -2.15. The smallest absolute Gasteiger partial charge is 0.341 e. The van der Waals surface area contributed by atoms with Crippen LogP contribution >= 0.6 is 12.6 Å². The Balaban J connectivity index is 2.69. The number of rotatable bonds is 8. The molecule has 0 N–H and O–H groups in total. The van der Waals surface area contributed by atoms with E-state index >= 15 is 0 Å². The van der Waals surface area contributed by atoms with Gasteiger partial charge in [-0.2, -0.15) is 12.6 Å². The lowest BCUT2D eigenvalue weighted by Gasteiger charge is -2.16. The molecule has 0 spiro atoms. The summed E-state index contributed by atoms with van der Waals surface area (Å²) in [4.78, 5) is 11.8. The van der Waals surface area contributed by atoms with Crippen LogP contribution in [-0.4, -0.2) is 24.9 Å². The van der Waals surface area contributed by atoms with Gasteiger partial charge in [0.1, 0.15) is 11.3 Å². The van der Waals surface area contributed by atoms with E-state index in [0.717, 1.165) is 18.6 Å². The van der Waals surface area contributed by atoms with Crippen molar-refractivity contribution in [1.82, 2.24) is 0 Å². The summed E-state index contributed by atoms with van der Waals surface area (Å²) in [5.74, 6) is 1.44. The molecule has 106 valence electrons. The summed E-state index contributed by atoms with van der Waals surface area (Å²) in [6.07, 6.45) is 2.18. The first-order chi connectivity index (χ1) is 9.22. The van der Waals surface area contributed by atoms with Crippen molar-refractivity contribution in [3.63, 3.8) is 0 Å². The molecule has 0 aromatic heterocycles. The number of para-hydroxylation sites is 1. The van der Waals surface area contributed by atoms with E-state index in [0.29, 0.717) is 30.4 Å². The minimum absolute atomic E-state index is 0.337. The lowest BCUT2D eigenvalue weighted by atomic mass is 10.1. The van der Waals surface area contributed by atoms with Gasteiger partial charge >= 0.3 is 5.97 Å². The van der Waals surface area contributed by atoms with Gasteiger partial charge in [0.05, 0.1) is 13.2 Å². The first-order valence-electron chi connectivity index (χ1n) is 6.72. The molecule has 0 amide bonds. The highest BCUT2D eigenvalue weighted by Gasteiger charge is 2.14. The zero-order valence-corrected chi connectivity index (χ0v) is 12.5. The summed E-state index contributed by atoms with van der Waals surface area (Å²) in [6.45, 7) is 4.87. The molecule has 3 nitrogen and oxygen atoms in total. The Morgan fingerprint density at radius 2 is 2.05 bits per heavy atom. The maximum Gasteiger partial charge on any atom is 0.341 e. The predicted molar refractivity (Wildman–Crippen MR) is 80.1 cm³/mol. The molecule has 1 rings (SSSR count). The van der Waals surface area contributed by atoms with Crippen LogP contribution < -0.4 is 4.74 Å². The normalized spacial score (nSPS) is 11.9. The third-order valence-electron chi connectivity index (χ3n) is 2.81. The zero-order valence-electron chi connectivity index (χ0n) is 11.6. The molecule has 0 heterocycles. The predicted octanol–water partition coefficient (Wildman–Crippen LogP) is 3.59. The SMILES string of the molecule is CCCC(CS)COc1ccccc1C(=O)OCC. The van der Waals surface area contributed by atoms with Crippen LogP contribution in [0.4, 0.5) is 0 Å². The van der Waals surface area contributed by atoms with E-state index in [9.17, 15) is 4.79 Å². The largest absolute Gasteiger partial charge is 0.492 e. The number of ether oxygens (including phenoxy) is 2. The number of esters is 1. The first-order valence-corrected chi connectivity index (χ1v) is 7.35. The van der Waals surface area contributed by atoms with Crippen LogP contribution in [0.3, 0.4) is 0 Å². The summed E-state index contributed by atoms with van der Waals surface area (Å²) >= 11 is 4.32. The highest BCUT2D eigenvalue weighted by Crippen LogP contribution is 2.20. The average Bonchev–Trinajstić information content (AvgIpc) is 2.44. The third-order valence-corrected chi connectivity index (χ3v) is 3.33. The number of hydrogen-bond donors (Lipinski definition) is 1. The van der Waals surface area contributed by atoms with Gasteiger partial charge in [0.15, 0.2) is 0 Å². The van der Waals surface area contributed by atoms with E-state index in [1.54, 1.807) is 25.1 Å². The number of thiol groups is 1. The fourth-order valence-electron chi connectivity index (χ4n) is 1.81. The molecule has 0 aliphatic rings.